The van der Waals surface area contributed by atoms with Crippen LogP contribution in [0.5, 0.6) is 0 Å². The molecule has 1 N–H and O–H groups in total. The molecular weight excluding hydrogens is 310 g/mol. The molecule has 0 spiro atoms. The minimum atomic E-state index is 0.350. The van der Waals surface area contributed by atoms with E-state index in [-0.39, 0.29) is 0 Å². The van der Waals surface area contributed by atoms with Crippen molar-refractivity contribution in [1.82, 2.24) is 19.9 Å². The summed E-state index contributed by atoms with van der Waals surface area (Å²) in [5.74, 6) is 1.70. The first-order valence-corrected chi connectivity index (χ1v) is 9.13. The third-order valence-electron chi connectivity index (χ3n) is 5.26. The first kappa shape index (κ1) is 17.8. The molecule has 2 aromatic rings. The molecule has 0 amide bonds. The fourth-order valence-corrected chi connectivity index (χ4v) is 3.88. The summed E-state index contributed by atoms with van der Waals surface area (Å²) in [6.07, 6.45) is 8.83. The van der Waals surface area contributed by atoms with Gasteiger partial charge in [0.05, 0.1) is 0 Å². The Bertz CT molecular complexity index is 706. The largest absolute Gasteiger partial charge is 0.369 e. The normalized spacial score (nSPS) is 16.4. The summed E-state index contributed by atoms with van der Waals surface area (Å²) in [7, 11) is 4.33. The smallest absolute Gasteiger partial charge is 0.163 e. The first-order valence-electron chi connectivity index (χ1n) is 9.13. The predicted octanol–water partition coefficient (Wildman–Crippen LogP) is 3.69. The molecule has 134 valence electrons. The minimum Gasteiger partial charge on any atom is -0.369 e. The molecule has 1 saturated carbocycles. The molecule has 1 aliphatic carbocycles. The van der Waals surface area contributed by atoms with Crippen molar-refractivity contribution in [1.29, 1.82) is 0 Å². The van der Waals surface area contributed by atoms with Crippen molar-refractivity contribution < 1.29 is 0 Å². The molecule has 2 heterocycles. The van der Waals surface area contributed by atoms with Crippen molar-refractivity contribution in [2.75, 3.05) is 32.5 Å². The summed E-state index contributed by atoms with van der Waals surface area (Å²) < 4.78 is 0. The molecule has 25 heavy (non-hydrogen) atoms. The number of aromatic nitrogens is 3. The zero-order chi connectivity index (χ0) is 17.9. The molecule has 3 rings (SSSR count). The van der Waals surface area contributed by atoms with Gasteiger partial charge in [0.2, 0.25) is 0 Å². The number of rotatable bonds is 6. The van der Waals surface area contributed by atoms with Gasteiger partial charge in [-0.1, -0.05) is 12.8 Å². The number of nitrogens with one attached hydrogen (secondary N) is 1. The van der Waals surface area contributed by atoms with E-state index in [2.05, 4.69) is 41.2 Å². The highest BCUT2D eigenvalue weighted by atomic mass is 15.1. The SMILES string of the molecule is Cc1nc(-c2cccnc2)nc(NCC2(CN(C)C)CCCC2)c1C. The maximum atomic E-state index is 4.80. The Kier molecular flexibility index (Phi) is 5.33. The van der Waals surface area contributed by atoms with E-state index in [1.54, 1.807) is 6.20 Å². The van der Waals surface area contributed by atoms with Gasteiger partial charge in [0, 0.05) is 47.7 Å². The van der Waals surface area contributed by atoms with Gasteiger partial charge in [-0.05, 0) is 52.9 Å². The Morgan fingerprint density at radius 1 is 1.16 bits per heavy atom. The van der Waals surface area contributed by atoms with Crippen molar-refractivity contribution in [3.05, 3.63) is 35.8 Å². The summed E-state index contributed by atoms with van der Waals surface area (Å²) in [6, 6.07) is 3.93. The molecule has 0 bridgehead atoms. The lowest BCUT2D eigenvalue weighted by atomic mass is 9.85. The van der Waals surface area contributed by atoms with Crippen molar-refractivity contribution in [2.45, 2.75) is 39.5 Å². The van der Waals surface area contributed by atoms with E-state index in [0.717, 1.165) is 41.6 Å². The Balaban J connectivity index is 1.83. The molecule has 0 atom stereocenters. The molecule has 1 aliphatic rings. The third kappa shape index (κ3) is 4.15. The first-order chi connectivity index (χ1) is 12.0. The van der Waals surface area contributed by atoms with Gasteiger partial charge >= 0.3 is 0 Å². The molecule has 0 aliphatic heterocycles. The quantitative estimate of drug-likeness (QED) is 0.870. The van der Waals surface area contributed by atoms with E-state index in [1.807, 2.05) is 25.3 Å². The van der Waals surface area contributed by atoms with Crippen molar-refractivity contribution in [2.24, 2.45) is 5.41 Å². The number of aryl methyl sites for hydroxylation is 1. The van der Waals surface area contributed by atoms with Gasteiger partial charge in [0.25, 0.3) is 0 Å². The van der Waals surface area contributed by atoms with Gasteiger partial charge in [-0.15, -0.1) is 0 Å². The average molecular weight is 339 g/mol. The minimum absolute atomic E-state index is 0.350. The fourth-order valence-electron chi connectivity index (χ4n) is 3.88. The van der Waals surface area contributed by atoms with Crippen LogP contribution in [0, 0.1) is 19.3 Å². The average Bonchev–Trinajstić information content (AvgIpc) is 3.05. The predicted molar refractivity (Wildman–Crippen MR) is 103 cm³/mol. The number of hydrogen-bond donors (Lipinski definition) is 1. The van der Waals surface area contributed by atoms with Crippen LogP contribution < -0.4 is 5.32 Å². The number of pyridine rings is 1. The van der Waals surface area contributed by atoms with Gasteiger partial charge in [0.15, 0.2) is 5.82 Å². The maximum Gasteiger partial charge on any atom is 0.163 e. The van der Waals surface area contributed by atoms with E-state index in [4.69, 9.17) is 4.98 Å². The van der Waals surface area contributed by atoms with Crippen molar-refractivity contribution >= 4 is 5.82 Å². The second kappa shape index (κ2) is 7.48. The molecule has 0 radical (unpaired) electrons. The van der Waals surface area contributed by atoms with Crippen LogP contribution in [0.25, 0.3) is 11.4 Å². The number of nitrogens with zero attached hydrogens (tertiary/aromatic N) is 4. The van der Waals surface area contributed by atoms with Gasteiger partial charge in [-0.2, -0.15) is 0 Å². The lowest BCUT2D eigenvalue weighted by molar-refractivity contribution is 0.215. The second-order valence-electron chi connectivity index (χ2n) is 7.65. The summed E-state index contributed by atoms with van der Waals surface area (Å²) in [6.45, 7) is 6.23. The molecule has 2 aromatic heterocycles. The fraction of sp³-hybridized carbons (Fsp3) is 0.550. The van der Waals surface area contributed by atoms with Gasteiger partial charge < -0.3 is 10.2 Å². The Hall–Kier alpha value is -2.01. The van der Waals surface area contributed by atoms with E-state index >= 15 is 0 Å². The molecule has 5 heteroatoms. The third-order valence-corrected chi connectivity index (χ3v) is 5.26. The van der Waals surface area contributed by atoms with E-state index in [1.165, 1.54) is 25.7 Å². The standard InChI is InChI=1S/C20H29N5/c1-15-16(2)23-19(17-8-7-11-21-12-17)24-18(15)22-13-20(14-25(3)4)9-5-6-10-20/h7-8,11-12H,5-6,9-10,13-14H2,1-4H3,(H,22,23,24). The molecular formula is C20H29N5. The van der Waals surface area contributed by atoms with Crippen LogP contribution in [0.15, 0.2) is 24.5 Å². The van der Waals surface area contributed by atoms with Gasteiger partial charge in [0.1, 0.15) is 5.82 Å². The maximum absolute atomic E-state index is 4.80. The monoisotopic (exact) mass is 339 g/mol. The number of anilines is 1. The van der Waals surface area contributed by atoms with E-state index in [9.17, 15) is 0 Å². The van der Waals surface area contributed by atoms with Crippen LogP contribution in [0.1, 0.15) is 36.9 Å². The lowest BCUT2D eigenvalue weighted by Gasteiger charge is -2.32. The van der Waals surface area contributed by atoms with Crippen molar-refractivity contribution in [3.63, 3.8) is 0 Å². The van der Waals surface area contributed by atoms with Crippen LogP contribution in [0.4, 0.5) is 5.82 Å². The number of hydrogen-bond acceptors (Lipinski definition) is 5. The Morgan fingerprint density at radius 2 is 1.92 bits per heavy atom. The van der Waals surface area contributed by atoms with Gasteiger partial charge in [-0.25, -0.2) is 9.97 Å². The highest BCUT2D eigenvalue weighted by Crippen LogP contribution is 2.39. The van der Waals surface area contributed by atoms with Crippen LogP contribution in [-0.2, 0) is 0 Å². The van der Waals surface area contributed by atoms with Crippen LogP contribution in [-0.4, -0.2) is 47.0 Å². The second-order valence-corrected chi connectivity index (χ2v) is 7.65. The summed E-state index contributed by atoms with van der Waals surface area (Å²) >= 11 is 0. The summed E-state index contributed by atoms with van der Waals surface area (Å²) in [5.41, 5.74) is 3.45. The highest BCUT2D eigenvalue weighted by Gasteiger charge is 2.34. The Labute approximate surface area is 150 Å². The Morgan fingerprint density at radius 3 is 2.56 bits per heavy atom. The zero-order valence-electron chi connectivity index (χ0n) is 15.8. The van der Waals surface area contributed by atoms with Crippen LogP contribution >= 0.6 is 0 Å². The molecule has 1 fully saturated rings. The highest BCUT2D eigenvalue weighted by molar-refractivity contribution is 5.58. The molecule has 0 unspecified atom stereocenters. The topological polar surface area (TPSA) is 53.9 Å². The van der Waals surface area contributed by atoms with Crippen molar-refractivity contribution in [3.8, 4) is 11.4 Å². The molecule has 5 nitrogen and oxygen atoms in total. The van der Waals surface area contributed by atoms with E-state index in [0.29, 0.717) is 5.41 Å². The van der Waals surface area contributed by atoms with Crippen LogP contribution in [0.3, 0.4) is 0 Å². The molecule has 0 saturated heterocycles. The van der Waals surface area contributed by atoms with E-state index < -0.39 is 0 Å². The molecule has 0 aromatic carbocycles. The summed E-state index contributed by atoms with van der Waals surface area (Å²) in [5, 5.41) is 3.65. The summed E-state index contributed by atoms with van der Waals surface area (Å²) in [4.78, 5) is 15.9. The lowest BCUT2D eigenvalue weighted by Crippen LogP contribution is -2.37. The van der Waals surface area contributed by atoms with Crippen LogP contribution in [0.2, 0.25) is 0 Å². The zero-order valence-corrected chi connectivity index (χ0v) is 15.8. The van der Waals surface area contributed by atoms with Gasteiger partial charge in [-0.3, -0.25) is 4.98 Å².